The van der Waals surface area contributed by atoms with Crippen molar-refractivity contribution >= 4 is 0 Å². The van der Waals surface area contributed by atoms with Crippen molar-refractivity contribution in [1.29, 1.82) is 0 Å². The molecule has 0 aliphatic heterocycles. The van der Waals surface area contributed by atoms with Crippen molar-refractivity contribution in [2.24, 2.45) is 23.2 Å². The van der Waals surface area contributed by atoms with E-state index in [9.17, 15) is 0 Å². The van der Waals surface area contributed by atoms with E-state index in [0.717, 1.165) is 17.8 Å². The van der Waals surface area contributed by atoms with Crippen LogP contribution < -0.4 is 0 Å². The topological polar surface area (TPSA) is 0 Å². The van der Waals surface area contributed by atoms with E-state index >= 15 is 0 Å². The summed E-state index contributed by atoms with van der Waals surface area (Å²) in [5.74, 6) is 3.03. The predicted molar refractivity (Wildman–Crippen MR) is 85.3 cm³/mol. The van der Waals surface area contributed by atoms with Gasteiger partial charge in [-0.2, -0.15) is 0 Å². The van der Waals surface area contributed by atoms with Gasteiger partial charge in [-0.1, -0.05) is 78.6 Å². The lowest BCUT2D eigenvalue weighted by molar-refractivity contribution is 0.0782. The van der Waals surface area contributed by atoms with Crippen LogP contribution >= 0.6 is 0 Å². The van der Waals surface area contributed by atoms with E-state index in [4.69, 9.17) is 0 Å². The Bertz CT molecular complexity index is 245. The molecule has 0 N–H and O–H groups in total. The largest absolute Gasteiger partial charge is 0.0649 e. The Morgan fingerprint density at radius 3 is 1.95 bits per heavy atom. The second-order valence-electron chi connectivity index (χ2n) is 7.92. The minimum Gasteiger partial charge on any atom is -0.0649 e. The van der Waals surface area contributed by atoms with E-state index in [1.165, 1.54) is 77.0 Å². The summed E-state index contributed by atoms with van der Waals surface area (Å²) < 4.78 is 0. The Labute approximate surface area is 121 Å². The molecule has 112 valence electrons. The molecular weight excluding hydrogens is 228 g/mol. The van der Waals surface area contributed by atoms with Crippen LogP contribution in [0.1, 0.15) is 97.8 Å². The highest BCUT2D eigenvalue weighted by atomic mass is 14.4. The number of hydrogen-bond donors (Lipinski definition) is 0. The van der Waals surface area contributed by atoms with Gasteiger partial charge in [-0.15, -0.1) is 0 Å². The standard InChI is InChI=1S/C19H36/c1-4-19(3,18-13-9-6-10-14-18)15-16(2)17-11-7-5-8-12-17/h16-18H,4-15H2,1-3H3. The zero-order valence-electron chi connectivity index (χ0n) is 13.7. The van der Waals surface area contributed by atoms with Gasteiger partial charge in [0.15, 0.2) is 0 Å². The zero-order valence-corrected chi connectivity index (χ0v) is 13.7. The summed E-state index contributed by atoms with van der Waals surface area (Å²) in [5, 5.41) is 0. The number of rotatable bonds is 5. The van der Waals surface area contributed by atoms with Gasteiger partial charge >= 0.3 is 0 Å². The summed E-state index contributed by atoms with van der Waals surface area (Å²) in [6.07, 6.45) is 18.0. The van der Waals surface area contributed by atoms with Gasteiger partial charge < -0.3 is 0 Å². The van der Waals surface area contributed by atoms with Gasteiger partial charge in [0.25, 0.3) is 0 Å². The summed E-state index contributed by atoms with van der Waals surface area (Å²) >= 11 is 0. The normalized spacial score (nSPS) is 27.9. The molecule has 0 nitrogen and oxygen atoms in total. The van der Waals surface area contributed by atoms with Crippen molar-refractivity contribution in [1.82, 2.24) is 0 Å². The van der Waals surface area contributed by atoms with E-state index in [1.807, 2.05) is 0 Å². The van der Waals surface area contributed by atoms with Crippen LogP contribution in [-0.4, -0.2) is 0 Å². The summed E-state index contributed by atoms with van der Waals surface area (Å²) in [7, 11) is 0. The molecule has 0 radical (unpaired) electrons. The van der Waals surface area contributed by atoms with Crippen LogP contribution in [0.15, 0.2) is 0 Å². The Kier molecular flexibility index (Phi) is 5.78. The Balaban J connectivity index is 1.92. The van der Waals surface area contributed by atoms with Gasteiger partial charge in [0.2, 0.25) is 0 Å². The molecule has 0 heterocycles. The lowest BCUT2D eigenvalue weighted by atomic mass is 9.62. The molecule has 2 unspecified atom stereocenters. The van der Waals surface area contributed by atoms with Crippen LogP contribution in [0, 0.1) is 23.2 Å². The molecule has 2 aliphatic rings. The van der Waals surface area contributed by atoms with Gasteiger partial charge in [0.1, 0.15) is 0 Å². The summed E-state index contributed by atoms with van der Waals surface area (Å²) in [5.41, 5.74) is 0.636. The highest BCUT2D eigenvalue weighted by Gasteiger charge is 2.36. The lowest BCUT2D eigenvalue weighted by Gasteiger charge is -2.43. The first kappa shape index (κ1) is 15.4. The fourth-order valence-corrected chi connectivity index (χ4v) is 5.00. The maximum Gasteiger partial charge on any atom is -0.0298 e. The molecule has 19 heavy (non-hydrogen) atoms. The molecule has 0 amide bonds. The average Bonchev–Trinajstić information content (AvgIpc) is 2.49. The Morgan fingerprint density at radius 1 is 0.895 bits per heavy atom. The molecule has 2 atom stereocenters. The molecule has 0 saturated heterocycles. The highest BCUT2D eigenvalue weighted by Crippen LogP contribution is 2.47. The molecule has 2 fully saturated rings. The first-order chi connectivity index (χ1) is 9.15. The highest BCUT2D eigenvalue weighted by molar-refractivity contribution is 4.86. The molecule has 2 aliphatic carbocycles. The monoisotopic (exact) mass is 264 g/mol. The van der Waals surface area contributed by atoms with Crippen LogP contribution in [0.3, 0.4) is 0 Å². The minimum absolute atomic E-state index is 0.636. The fourth-order valence-electron chi connectivity index (χ4n) is 5.00. The fraction of sp³-hybridized carbons (Fsp3) is 1.00. The van der Waals surface area contributed by atoms with Gasteiger partial charge in [-0.05, 0) is 42.4 Å². The SMILES string of the molecule is CCC(C)(CC(C)C1CCCCC1)C1CCCCC1. The van der Waals surface area contributed by atoms with E-state index in [0.29, 0.717) is 5.41 Å². The van der Waals surface area contributed by atoms with Crippen molar-refractivity contribution < 1.29 is 0 Å². The first-order valence-electron chi connectivity index (χ1n) is 9.15. The summed E-state index contributed by atoms with van der Waals surface area (Å²) in [6.45, 7) is 7.62. The van der Waals surface area contributed by atoms with Crippen LogP contribution in [0.25, 0.3) is 0 Å². The summed E-state index contributed by atoms with van der Waals surface area (Å²) in [6, 6.07) is 0. The molecule has 0 spiro atoms. The van der Waals surface area contributed by atoms with Crippen molar-refractivity contribution in [2.75, 3.05) is 0 Å². The van der Waals surface area contributed by atoms with Crippen LogP contribution in [0.2, 0.25) is 0 Å². The smallest absolute Gasteiger partial charge is 0.0298 e. The van der Waals surface area contributed by atoms with Crippen molar-refractivity contribution in [2.45, 2.75) is 97.8 Å². The Hall–Kier alpha value is 0. The van der Waals surface area contributed by atoms with Crippen molar-refractivity contribution in [3.8, 4) is 0 Å². The third kappa shape index (κ3) is 3.99. The van der Waals surface area contributed by atoms with Crippen LogP contribution in [-0.2, 0) is 0 Å². The molecule has 0 heteroatoms. The van der Waals surface area contributed by atoms with E-state index in [1.54, 1.807) is 0 Å². The Morgan fingerprint density at radius 2 is 1.42 bits per heavy atom. The molecule has 2 saturated carbocycles. The van der Waals surface area contributed by atoms with Crippen LogP contribution in [0.4, 0.5) is 0 Å². The van der Waals surface area contributed by atoms with E-state index in [2.05, 4.69) is 20.8 Å². The maximum atomic E-state index is 2.61. The molecule has 0 bridgehead atoms. The van der Waals surface area contributed by atoms with E-state index < -0.39 is 0 Å². The molecular formula is C19H36. The van der Waals surface area contributed by atoms with Crippen molar-refractivity contribution in [3.05, 3.63) is 0 Å². The second kappa shape index (κ2) is 7.14. The molecule has 2 rings (SSSR count). The third-order valence-corrected chi connectivity index (χ3v) is 6.64. The van der Waals surface area contributed by atoms with Crippen LogP contribution in [0.5, 0.6) is 0 Å². The molecule has 0 aromatic carbocycles. The van der Waals surface area contributed by atoms with Crippen molar-refractivity contribution in [3.63, 3.8) is 0 Å². The minimum atomic E-state index is 0.636. The molecule has 0 aromatic heterocycles. The lowest BCUT2D eigenvalue weighted by Crippen LogP contribution is -2.32. The van der Waals surface area contributed by atoms with Gasteiger partial charge in [-0.3, -0.25) is 0 Å². The maximum absolute atomic E-state index is 2.61. The van der Waals surface area contributed by atoms with Gasteiger partial charge in [0, 0.05) is 0 Å². The van der Waals surface area contributed by atoms with E-state index in [-0.39, 0.29) is 0 Å². The second-order valence-corrected chi connectivity index (χ2v) is 7.92. The third-order valence-electron chi connectivity index (χ3n) is 6.64. The molecule has 0 aromatic rings. The van der Waals surface area contributed by atoms with Gasteiger partial charge in [-0.25, -0.2) is 0 Å². The quantitative estimate of drug-likeness (QED) is 0.525. The average molecular weight is 264 g/mol. The number of hydrogen-bond acceptors (Lipinski definition) is 0. The first-order valence-corrected chi connectivity index (χ1v) is 9.15. The summed E-state index contributed by atoms with van der Waals surface area (Å²) in [4.78, 5) is 0. The zero-order chi connectivity index (χ0) is 13.7. The van der Waals surface area contributed by atoms with Gasteiger partial charge in [0.05, 0.1) is 0 Å². The predicted octanol–water partition coefficient (Wildman–Crippen LogP) is 6.59.